The van der Waals surface area contributed by atoms with E-state index in [4.69, 9.17) is 4.98 Å². The fraction of sp³-hybridized carbons (Fsp3) is 0.318. The molecule has 1 N–H and O–H groups in total. The van der Waals surface area contributed by atoms with Crippen molar-refractivity contribution in [1.29, 1.82) is 0 Å². The second-order valence-corrected chi connectivity index (χ2v) is 7.81. The summed E-state index contributed by atoms with van der Waals surface area (Å²) in [5, 5.41) is 10.6. The summed E-state index contributed by atoms with van der Waals surface area (Å²) in [5.41, 5.74) is 4.07. The van der Waals surface area contributed by atoms with Crippen LogP contribution in [0.3, 0.4) is 0 Å². The number of likely N-dealkylation sites (N-methyl/N-ethyl adjacent to an activating group) is 1. The smallest absolute Gasteiger partial charge is 0.339 e. The summed E-state index contributed by atoms with van der Waals surface area (Å²) in [4.78, 5) is 26.3. The van der Waals surface area contributed by atoms with E-state index in [9.17, 15) is 9.90 Å². The number of nitrogens with zero attached hydrogens (tertiary/aromatic N) is 5. The Bertz CT molecular complexity index is 1260. The van der Waals surface area contributed by atoms with Crippen LogP contribution in [0.2, 0.25) is 0 Å². The molecule has 1 fully saturated rings. The van der Waals surface area contributed by atoms with E-state index in [1.807, 2.05) is 41.7 Å². The van der Waals surface area contributed by atoms with Gasteiger partial charge in [-0.2, -0.15) is 0 Å². The van der Waals surface area contributed by atoms with E-state index in [2.05, 4.69) is 21.8 Å². The Labute approximate surface area is 168 Å². The van der Waals surface area contributed by atoms with Gasteiger partial charge in [0, 0.05) is 25.0 Å². The first-order valence-electron chi connectivity index (χ1n) is 9.91. The number of aromatic carboxylic acids is 1. The van der Waals surface area contributed by atoms with E-state index in [1.54, 1.807) is 6.07 Å². The van der Waals surface area contributed by atoms with Gasteiger partial charge in [0.1, 0.15) is 17.0 Å². The molecular formula is C22H23N5O2. The molecule has 4 aromatic rings. The maximum absolute atomic E-state index is 11.9. The van der Waals surface area contributed by atoms with E-state index in [1.165, 1.54) is 0 Å². The van der Waals surface area contributed by atoms with Gasteiger partial charge in [-0.25, -0.2) is 14.8 Å². The highest BCUT2D eigenvalue weighted by atomic mass is 16.4. The third kappa shape index (κ3) is 2.89. The van der Waals surface area contributed by atoms with Gasteiger partial charge in [-0.15, -0.1) is 0 Å². The van der Waals surface area contributed by atoms with E-state index in [0.717, 1.165) is 66.0 Å². The highest BCUT2D eigenvalue weighted by Crippen LogP contribution is 2.29. The van der Waals surface area contributed by atoms with Gasteiger partial charge in [0.2, 0.25) is 0 Å². The first-order chi connectivity index (χ1) is 14.0. The van der Waals surface area contributed by atoms with Gasteiger partial charge in [-0.1, -0.05) is 12.1 Å². The quantitative estimate of drug-likeness (QED) is 0.568. The second kappa shape index (κ2) is 6.70. The lowest BCUT2D eigenvalue weighted by molar-refractivity contribution is 0.0698. The highest BCUT2D eigenvalue weighted by Gasteiger charge is 2.21. The summed E-state index contributed by atoms with van der Waals surface area (Å²) in [6.07, 6.45) is 1.09. The van der Waals surface area contributed by atoms with Crippen LogP contribution in [0.5, 0.6) is 0 Å². The van der Waals surface area contributed by atoms with Crippen molar-refractivity contribution in [3.63, 3.8) is 0 Å². The molecule has 0 saturated carbocycles. The summed E-state index contributed by atoms with van der Waals surface area (Å²) >= 11 is 0. The number of hydrogen-bond donors (Lipinski definition) is 1. The molecule has 0 aliphatic carbocycles. The van der Waals surface area contributed by atoms with Crippen LogP contribution < -0.4 is 4.90 Å². The first-order valence-corrected chi connectivity index (χ1v) is 9.91. The summed E-state index contributed by atoms with van der Waals surface area (Å²) in [6, 6.07) is 11.5. The molecule has 1 aliphatic rings. The van der Waals surface area contributed by atoms with Gasteiger partial charge in [0.05, 0.1) is 11.0 Å². The van der Waals surface area contributed by atoms with Gasteiger partial charge in [0.15, 0.2) is 5.65 Å². The predicted molar refractivity (Wildman–Crippen MR) is 114 cm³/mol. The molecular weight excluding hydrogens is 366 g/mol. The molecule has 0 unspecified atom stereocenters. The minimum atomic E-state index is -0.982. The summed E-state index contributed by atoms with van der Waals surface area (Å²) in [5.74, 6) is -0.0144. The molecule has 0 amide bonds. The monoisotopic (exact) mass is 389 g/mol. The topological polar surface area (TPSA) is 74.0 Å². The van der Waals surface area contributed by atoms with Crippen molar-refractivity contribution in [1.82, 2.24) is 19.3 Å². The molecule has 7 nitrogen and oxygen atoms in total. The third-order valence-corrected chi connectivity index (χ3v) is 5.76. The van der Waals surface area contributed by atoms with E-state index in [0.29, 0.717) is 5.65 Å². The van der Waals surface area contributed by atoms with Crippen LogP contribution in [0.1, 0.15) is 22.3 Å². The largest absolute Gasteiger partial charge is 0.478 e. The standard InChI is InChI=1S/C22H23N5O2/c1-14-12-15-13-16(22(28)29)21-23-17-6-3-4-7-18(17)27(21)20(15)24-19(14)26-9-5-8-25(2)10-11-26/h3-4,6-7,12-13H,5,8-11H2,1-2H3,(H,28,29). The van der Waals surface area contributed by atoms with Crippen molar-refractivity contribution < 1.29 is 9.90 Å². The number of fused-ring (bicyclic) bond motifs is 5. The number of hydrogen-bond acceptors (Lipinski definition) is 5. The molecule has 29 heavy (non-hydrogen) atoms. The van der Waals surface area contributed by atoms with Crippen LogP contribution >= 0.6 is 0 Å². The average molecular weight is 389 g/mol. The first kappa shape index (κ1) is 17.9. The van der Waals surface area contributed by atoms with Crippen LogP contribution in [0.15, 0.2) is 36.4 Å². The number of carboxylic acid groups (broad SMARTS) is 1. The average Bonchev–Trinajstić information content (AvgIpc) is 2.96. The fourth-order valence-corrected chi connectivity index (χ4v) is 4.28. The van der Waals surface area contributed by atoms with E-state index >= 15 is 0 Å². The Hall–Kier alpha value is -3.19. The normalized spacial score (nSPS) is 16.0. The zero-order valence-electron chi connectivity index (χ0n) is 16.6. The lowest BCUT2D eigenvalue weighted by atomic mass is 10.1. The van der Waals surface area contributed by atoms with Crippen LogP contribution in [-0.2, 0) is 0 Å². The SMILES string of the molecule is Cc1cc2cc(C(=O)O)c3nc4ccccc4n3c2nc1N1CCCN(C)CC1. The molecule has 1 aliphatic heterocycles. The number of aryl methyl sites for hydroxylation is 1. The van der Waals surface area contributed by atoms with Crippen LogP contribution in [0.4, 0.5) is 5.82 Å². The molecule has 0 radical (unpaired) electrons. The number of benzene rings is 1. The van der Waals surface area contributed by atoms with Gasteiger partial charge in [-0.3, -0.25) is 4.40 Å². The van der Waals surface area contributed by atoms with Crippen LogP contribution in [-0.4, -0.2) is 63.6 Å². The fourth-order valence-electron chi connectivity index (χ4n) is 4.28. The molecule has 148 valence electrons. The highest BCUT2D eigenvalue weighted by molar-refractivity contribution is 6.02. The minimum absolute atomic E-state index is 0.194. The molecule has 4 heterocycles. The number of anilines is 1. The Balaban J connectivity index is 1.81. The Morgan fingerprint density at radius 3 is 2.69 bits per heavy atom. The van der Waals surface area contributed by atoms with Crippen molar-refractivity contribution in [2.45, 2.75) is 13.3 Å². The summed E-state index contributed by atoms with van der Waals surface area (Å²) < 4.78 is 1.89. The number of para-hydroxylation sites is 2. The van der Waals surface area contributed by atoms with Gasteiger partial charge < -0.3 is 14.9 Å². The molecule has 0 atom stereocenters. The number of aromatic nitrogens is 3. The van der Waals surface area contributed by atoms with Crippen LogP contribution in [0, 0.1) is 6.92 Å². The van der Waals surface area contributed by atoms with E-state index in [-0.39, 0.29) is 5.56 Å². The Kier molecular flexibility index (Phi) is 4.13. The minimum Gasteiger partial charge on any atom is -0.478 e. The molecule has 3 aromatic heterocycles. The van der Waals surface area contributed by atoms with Gasteiger partial charge in [0.25, 0.3) is 0 Å². The van der Waals surface area contributed by atoms with Crippen LogP contribution in [0.25, 0.3) is 27.7 Å². The summed E-state index contributed by atoms with van der Waals surface area (Å²) in [6.45, 7) is 6.02. The zero-order chi connectivity index (χ0) is 20.1. The molecule has 0 spiro atoms. The number of imidazole rings is 1. The number of rotatable bonds is 2. The molecule has 7 heteroatoms. The maximum atomic E-state index is 11.9. The number of carbonyl (C=O) groups is 1. The van der Waals surface area contributed by atoms with Crippen molar-refractivity contribution >= 4 is 39.5 Å². The zero-order valence-corrected chi connectivity index (χ0v) is 16.6. The summed E-state index contributed by atoms with van der Waals surface area (Å²) in [7, 11) is 2.15. The van der Waals surface area contributed by atoms with Gasteiger partial charge >= 0.3 is 5.97 Å². The second-order valence-electron chi connectivity index (χ2n) is 7.81. The number of pyridine rings is 2. The molecule has 0 bridgehead atoms. The lowest BCUT2D eigenvalue weighted by Gasteiger charge is -2.24. The predicted octanol–water partition coefficient (Wildman–Crippen LogP) is 3.18. The lowest BCUT2D eigenvalue weighted by Crippen LogP contribution is -2.30. The Morgan fingerprint density at radius 2 is 1.86 bits per heavy atom. The van der Waals surface area contributed by atoms with Crippen molar-refractivity contribution in [2.24, 2.45) is 0 Å². The number of carboxylic acids is 1. The van der Waals surface area contributed by atoms with Crippen molar-refractivity contribution in [2.75, 3.05) is 38.1 Å². The molecule has 1 saturated heterocycles. The maximum Gasteiger partial charge on any atom is 0.339 e. The van der Waals surface area contributed by atoms with Crippen molar-refractivity contribution in [3.05, 3.63) is 47.5 Å². The van der Waals surface area contributed by atoms with Crippen molar-refractivity contribution in [3.8, 4) is 0 Å². The molecule has 1 aromatic carbocycles. The third-order valence-electron chi connectivity index (χ3n) is 5.76. The molecule has 5 rings (SSSR count). The van der Waals surface area contributed by atoms with E-state index < -0.39 is 5.97 Å². The Morgan fingerprint density at radius 1 is 1.03 bits per heavy atom. The van der Waals surface area contributed by atoms with Gasteiger partial charge in [-0.05, 0) is 56.8 Å².